The molecule has 1 saturated heterocycles. The van der Waals surface area contributed by atoms with Gasteiger partial charge in [-0.1, -0.05) is 45.9 Å². The lowest BCUT2D eigenvalue weighted by Gasteiger charge is -2.37. The fraction of sp³-hybridized carbons (Fsp3) is 0.600. The van der Waals surface area contributed by atoms with Crippen LogP contribution in [0.3, 0.4) is 0 Å². The van der Waals surface area contributed by atoms with Gasteiger partial charge in [0.1, 0.15) is 0 Å². The Balaban J connectivity index is 1.94. The van der Waals surface area contributed by atoms with Gasteiger partial charge in [0.2, 0.25) is 0 Å². The summed E-state index contributed by atoms with van der Waals surface area (Å²) in [5.41, 5.74) is 1.17. The molecule has 0 spiro atoms. The molecule has 0 radical (unpaired) electrons. The minimum Gasteiger partial charge on any atom is -0.368 e. The Morgan fingerprint density at radius 1 is 0.920 bits per heavy atom. The van der Waals surface area contributed by atoms with E-state index in [4.69, 9.17) is 0 Å². The van der Waals surface area contributed by atoms with Crippen molar-refractivity contribution in [2.75, 3.05) is 44.2 Å². The highest BCUT2D eigenvalue weighted by atomic mass is 16.2. The van der Waals surface area contributed by atoms with Crippen LogP contribution in [0.25, 0.3) is 0 Å². The first-order chi connectivity index (χ1) is 11.9. The highest BCUT2D eigenvalue weighted by molar-refractivity contribution is 6.34. The molecule has 1 heterocycles. The van der Waals surface area contributed by atoms with Gasteiger partial charge in [-0.05, 0) is 24.0 Å². The molecule has 138 valence electrons. The first-order valence-electron chi connectivity index (χ1n) is 9.26. The number of anilines is 1. The number of carbonyl (C=O) groups is 2. The number of benzene rings is 1. The molecule has 1 aliphatic rings. The molecule has 0 aliphatic carbocycles. The fourth-order valence-corrected chi connectivity index (χ4v) is 3.20. The standard InChI is InChI=1S/C20H31N3O2/c1-16(2)14-23(15-17(3)4)20(25)19(24)22-12-10-21(11-13-22)18-8-6-5-7-9-18/h5-9,16-17H,10-15H2,1-4H3. The SMILES string of the molecule is CC(C)CN(CC(C)C)C(=O)C(=O)N1CCN(c2ccccc2)CC1. The number of carbonyl (C=O) groups excluding carboxylic acids is 2. The van der Waals surface area contributed by atoms with Crippen LogP contribution in [0, 0.1) is 11.8 Å². The molecule has 1 aliphatic heterocycles. The van der Waals surface area contributed by atoms with Gasteiger partial charge >= 0.3 is 11.8 Å². The Kier molecular flexibility index (Phi) is 6.85. The van der Waals surface area contributed by atoms with Gasteiger partial charge < -0.3 is 14.7 Å². The monoisotopic (exact) mass is 345 g/mol. The van der Waals surface area contributed by atoms with Crippen LogP contribution in [0.4, 0.5) is 5.69 Å². The van der Waals surface area contributed by atoms with Crippen molar-refractivity contribution in [3.05, 3.63) is 30.3 Å². The van der Waals surface area contributed by atoms with Crippen LogP contribution in [0.15, 0.2) is 30.3 Å². The smallest absolute Gasteiger partial charge is 0.312 e. The Morgan fingerprint density at radius 3 is 1.92 bits per heavy atom. The Labute approximate surface area is 151 Å². The second-order valence-corrected chi connectivity index (χ2v) is 7.61. The fourth-order valence-electron chi connectivity index (χ4n) is 3.20. The van der Waals surface area contributed by atoms with Crippen LogP contribution in [0.1, 0.15) is 27.7 Å². The largest absolute Gasteiger partial charge is 0.368 e. The van der Waals surface area contributed by atoms with Crippen molar-refractivity contribution >= 4 is 17.5 Å². The van der Waals surface area contributed by atoms with E-state index in [9.17, 15) is 9.59 Å². The van der Waals surface area contributed by atoms with E-state index < -0.39 is 0 Å². The molecule has 0 unspecified atom stereocenters. The molecule has 1 aromatic rings. The number of rotatable bonds is 5. The quantitative estimate of drug-likeness (QED) is 0.770. The van der Waals surface area contributed by atoms with E-state index in [1.54, 1.807) is 9.80 Å². The maximum absolute atomic E-state index is 12.7. The van der Waals surface area contributed by atoms with Crippen molar-refractivity contribution in [1.29, 1.82) is 0 Å². The maximum Gasteiger partial charge on any atom is 0.312 e. The molecule has 5 heteroatoms. The highest BCUT2D eigenvalue weighted by Crippen LogP contribution is 2.16. The number of hydrogen-bond acceptors (Lipinski definition) is 3. The van der Waals surface area contributed by atoms with Gasteiger partial charge in [-0.2, -0.15) is 0 Å². The number of nitrogens with zero attached hydrogens (tertiary/aromatic N) is 3. The summed E-state index contributed by atoms with van der Waals surface area (Å²) < 4.78 is 0. The summed E-state index contributed by atoms with van der Waals surface area (Å²) in [5.74, 6) is 0.000397. The molecular weight excluding hydrogens is 314 g/mol. The van der Waals surface area contributed by atoms with Crippen molar-refractivity contribution in [2.24, 2.45) is 11.8 Å². The minimum atomic E-state index is -0.353. The molecule has 0 bridgehead atoms. The summed E-state index contributed by atoms with van der Waals surface area (Å²) in [6, 6.07) is 10.2. The number of para-hydroxylation sites is 1. The predicted octanol–water partition coefficient (Wildman–Crippen LogP) is 2.48. The molecule has 0 atom stereocenters. The topological polar surface area (TPSA) is 43.9 Å². The zero-order valence-corrected chi connectivity index (χ0v) is 15.9. The molecule has 5 nitrogen and oxygen atoms in total. The predicted molar refractivity (Wildman–Crippen MR) is 101 cm³/mol. The van der Waals surface area contributed by atoms with Crippen molar-refractivity contribution in [3.63, 3.8) is 0 Å². The van der Waals surface area contributed by atoms with Crippen LogP contribution in [0.2, 0.25) is 0 Å². The third-order valence-corrected chi connectivity index (χ3v) is 4.33. The zero-order valence-electron chi connectivity index (χ0n) is 15.9. The summed E-state index contributed by atoms with van der Waals surface area (Å²) >= 11 is 0. The lowest BCUT2D eigenvalue weighted by Crippen LogP contribution is -2.54. The summed E-state index contributed by atoms with van der Waals surface area (Å²) in [4.78, 5) is 31.0. The Bertz CT molecular complexity index is 554. The van der Waals surface area contributed by atoms with E-state index in [2.05, 4.69) is 44.7 Å². The van der Waals surface area contributed by atoms with E-state index >= 15 is 0 Å². The van der Waals surface area contributed by atoms with Gasteiger partial charge in [-0.3, -0.25) is 9.59 Å². The Morgan fingerprint density at radius 2 is 1.44 bits per heavy atom. The summed E-state index contributed by atoms with van der Waals surface area (Å²) in [7, 11) is 0. The van der Waals surface area contributed by atoms with Crippen molar-refractivity contribution < 1.29 is 9.59 Å². The van der Waals surface area contributed by atoms with Gasteiger partial charge in [0.05, 0.1) is 0 Å². The van der Waals surface area contributed by atoms with Gasteiger partial charge in [0.15, 0.2) is 0 Å². The van der Waals surface area contributed by atoms with E-state index in [1.165, 1.54) is 5.69 Å². The molecular formula is C20H31N3O2. The average Bonchev–Trinajstić information content (AvgIpc) is 2.60. The van der Waals surface area contributed by atoms with Crippen molar-refractivity contribution in [3.8, 4) is 0 Å². The maximum atomic E-state index is 12.7. The molecule has 0 N–H and O–H groups in total. The van der Waals surface area contributed by atoms with Crippen LogP contribution >= 0.6 is 0 Å². The third-order valence-electron chi connectivity index (χ3n) is 4.33. The zero-order chi connectivity index (χ0) is 18.4. The summed E-state index contributed by atoms with van der Waals surface area (Å²) in [5, 5.41) is 0. The van der Waals surface area contributed by atoms with Crippen molar-refractivity contribution in [2.45, 2.75) is 27.7 Å². The summed E-state index contributed by atoms with van der Waals surface area (Å²) in [6.45, 7) is 12.3. The Hall–Kier alpha value is -2.04. The van der Waals surface area contributed by atoms with Crippen LogP contribution in [0.5, 0.6) is 0 Å². The normalized spacial score (nSPS) is 15.0. The summed E-state index contributed by atoms with van der Waals surface area (Å²) in [6.07, 6.45) is 0. The van der Waals surface area contributed by atoms with E-state index in [0.717, 1.165) is 13.1 Å². The molecule has 2 amide bonds. The van der Waals surface area contributed by atoms with E-state index in [0.29, 0.717) is 38.0 Å². The second kappa shape index (κ2) is 8.88. The minimum absolute atomic E-state index is 0.351. The average molecular weight is 345 g/mol. The molecule has 1 aromatic carbocycles. The number of amides is 2. The molecule has 1 fully saturated rings. The second-order valence-electron chi connectivity index (χ2n) is 7.61. The van der Waals surface area contributed by atoms with E-state index in [1.807, 2.05) is 18.2 Å². The first-order valence-corrected chi connectivity index (χ1v) is 9.26. The van der Waals surface area contributed by atoms with Crippen LogP contribution in [-0.2, 0) is 9.59 Å². The lowest BCUT2D eigenvalue weighted by molar-refractivity contribution is -0.152. The van der Waals surface area contributed by atoms with Gasteiger partial charge in [0.25, 0.3) is 0 Å². The molecule has 25 heavy (non-hydrogen) atoms. The molecule has 0 saturated carbocycles. The molecule has 2 rings (SSSR count). The van der Waals surface area contributed by atoms with Crippen LogP contribution < -0.4 is 4.90 Å². The first kappa shape index (κ1) is 19.3. The van der Waals surface area contributed by atoms with Crippen molar-refractivity contribution in [1.82, 2.24) is 9.80 Å². The lowest BCUT2D eigenvalue weighted by atomic mass is 10.1. The molecule has 0 aromatic heterocycles. The third kappa shape index (κ3) is 5.48. The van der Waals surface area contributed by atoms with E-state index in [-0.39, 0.29) is 11.8 Å². The number of piperazine rings is 1. The van der Waals surface area contributed by atoms with Gasteiger partial charge in [-0.15, -0.1) is 0 Å². The van der Waals surface area contributed by atoms with Gasteiger partial charge in [-0.25, -0.2) is 0 Å². The number of hydrogen-bond donors (Lipinski definition) is 0. The highest BCUT2D eigenvalue weighted by Gasteiger charge is 2.30. The van der Waals surface area contributed by atoms with Gasteiger partial charge in [0, 0.05) is 45.0 Å². The van der Waals surface area contributed by atoms with Crippen LogP contribution in [-0.4, -0.2) is 60.9 Å².